The van der Waals surface area contributed by atoms with E-state index < -0.39 is 5.60 Å². The number of carbonyl (C=O) groups excluding carboxylic acids is 1. The molecule has 1 aromatic carbocycles. The predicted molar refractivity (Wildman–Crippen MR) is 67.2 cm³/mol. The lowest BCUT2D eigenvalue weighted by Crippen LogP contribution is -2.29. The number of aryl methyl sites for hydroxylation is 1. The molecule has 1 aromatic rings. The molecule has 0 heterocycles. The van der Waals surface area contributed by atoms with Crippen molar-refractivity contribution in [3.8, 4) is 5.75 Å². The highest BCUT2D eigenvalue weighted by molar-refractivity contribution is 5.91. The highest BCUT2D eigenvalue weighted by atomic mass is 16.5. The van der Waals surface area contributed by atoms with Crippen LogP contribution in [0, 0.1) is 6.92 Å². The summed E-state index contributed by atoms with van der Waals surface area (Å²) in [6.07, 6.45) is 0.281. The van der Waals surface area contributed by atoms with Crippen molar-refractivity contribution < 1.29 is 14.6 Å². The molecule has 0 aliphatic rings. The average molecular weight is 237 g/mol. The summed E-state index contributed by atoms with van der Waals surface area (Å²) in [5.74, 6) is 0.113. The van der Waals surface area contributed by atoms with Gasteiger partial charge in [-0.25, -0.2) is 0 Å². The molecule has 0 atom stereocenters. The maximum absolute atomic E-state index is 11.7. The normalized spacial score (nSPS) is 11.3. The summed E-state index contributed by atoms with van der Waals surface area (Å²) in [6, 6.07) is 4.96. The minimum atomic E-state index is -0.476. The zero-order valence-electron chi connectivity index (χ0n) is 10.7. The quantitative estimate of drug-likeness (QED) is 0.791. The smallest absolute Gasteiger partial charge is 0.227 e. The first-order valence-corrected chi connectivity index (χ1v) is 5.49. The van der Waals surface area contributed by atoms with E-state index in [1.165, 1.54) is 0 Å². The molecule has 4 heteroatoms. The van der Waals surface area contributed by atoms with Gasteiger partial charge in [-0.1, -0.05) is 0 Å². The number of rotatable bonds is 4. The maximum Gasteiger partial charge on any atom is 0.227 e. The summed E-state index contributed by atoms with van der Waals surface area (Å²) in [6.45, 7) is 5.49. The summed E-state index contributed by atoms with van der Waals surface area (Å²) >= 11 is 0. The third kappa shape index (κ3) is 4.07. The Bertz CT molecular complexity index is 413. The zero-order chi connectivity index (χ0) is 13.1. The maximum atomic E-state index is 11.7. The van der Waals surface area contributed by atoms with Crippen molar-refractivity contribution in [2.45, 2.75) is 32.8 Å². The number of phenols is 1. The molecule has 0 aliphatic heterocycles. The number of nitrogens with one attached hydrogen (secondary N) is 1. The summed E-state index contributed by atoms with van der Waals surface area (Å²) in [5.41, 5.74) is 0.932. The predicted octanol–water partition coefficient (Wildman–Crippen LogP) is 2.45. The molecule has 0 saturated heterocycles. The number of carbonyl (C=O) groups is 1. The fourth-order valence-corrected chi connectivity index (χ4v) is 1.40. The first kappa shape index (κ1) is 13.5. The summed E-state index contributed by atoms with van der Waals surface area (Å²) in [5, 5.41) is 12.1. The van der Waals surface area contributed by atoms with Gasteiger partial charge in [0.15, 0.2) is 0 Å². The molecule has 0 aliphatic carbocycles. The molecule has 2 N–H and O–H groups in total. The third-order valence-corrected chi connectivity index (χ3v) is 2.62. The van der Waals surface area contributed by atoms with Gasteiger partial charge in [0.2, 0.25) is 5.91 Å². The number of aromatic hydroxyl groups is 1. The lowest BCUT2D eigenvalue weighted by Gasteiger charge is -2.22. The first-order valence-electron chi connectivity index (χ1n) is 5.49. The fourth-order valence-electron chi connectivity index (χ4n) is 1.40. The van der Waals surface area contributed by atoms with Crippen LogP contribution in [0.15, 0.2) is 18.2 Å². The molecule has 0 unspecified atom stereocenters. The molecule has 0 spiro atoms. The van der Waals surface area contributed by atoms with Gasteiger partial charge in [-0.2, -0.15) is 0 Å². The minimum Gasteiger partial charge on any atom is -0.508 e. The van der Waals surface area contributed by atoms with E-state index in [0.717, 1.165) is 5.56 Å². The number of amides is 1. The van der Waals surface area contributed by atoms with Crippen LogP contribution in [-0.4, -0.2) is 23.7 Å². The van der Waals surface area contributed by atoms with Crippen molar-refractivity contribution in [1.82, 2.24) is 0 Å². The van der Waals surface area contributed by atoms with E-state index >= 15 is 0 Å². The van der Waals surface area contributed by atoms with Crippen LogP contribution in [0.5, 0.6) is 5.75 Å². The number of hydrogen-bond acceptors (Lipinski definition) is 3. The molecule has 17 heavy (non-hydrogen) atoms. The van der Waals surface area contributed by atoms with Crippen LogP contribution < -0.4 is 5.32 Å². The van der Waals surface area contributed by atoms with Gasteiger partial charge in [0.1, 0.15) is 5.75 Å². The second kappa shape index (κ2) is 5.19. The van der Waals surface area contributed by atoms with E-state index in [9.17, 15) is 9.90 Å². The van der Waals surface area contributed by atoms with Crippen molar-refractivity contribution >= 4 is 11.6 Å². The largest absolute Gasteiger partial charge is 0.508 e. The van der Waals surface area contributed by atoms with Crippen LogP contribution in [0.1, 0.15) is 25.8 Å². The van der Waals surface area contributed by atoms with Crippen LogP contribution in [0.25, 0.3) is 0 Å². The highest BCUT2D eigenvalue weighted by Gasteiger charge is 2.21. The van der Waals surface area contributed by atoms with Crippen LogP contribution in [0.4, 0.5) is 5.69 Å². The lowest BCUT2D eigenvalue weighted by atomic mass is 10.0. The number of methoxy groups -OCH3 is 1. The molecule has 1 amide bonds. The fraction of sp³-hybridized carbons (Fsp3) is 0.462. The van der Waals surface area contributed by atoms with Crippen molar-refractivity contribution in [2.24, 2.45) is 0 Å². The van der Waals surface area contributed by atoms with E-state index in [0.29, 0.717) is 5.69 Å². The molecule has 0 saturated carbocycles. The standard InChI is InChI=1S/C13H19NO3/c1-9-7-10(5-6-11(9)15)14-12(16)8-13(2,3)17-4/h5-7,15H,8H2,1-4H3,(H,14,16). The monoisotopic (exact) mass is 237 g/mol. The first-order chi connectivity index (χ1) is 7.84. The van der Waals surface area contributed by atoms with Crippen molar-refractivity contribution in [2.75, 3.05) is 12.4 Å². The van der Waals surface area contributed by atoms with Gasteiger partial charge >= 0.3 is 0 Å². The summed E-state index contributed by atoms with van der Waals surface area (Å²) in [4.78, 5) is 11.7. The Labute approximate surface area is 102 Å². The molecule has 94 valence electrons. The van der Waals surface area contributed by atoms with Crippen LogP contribution in [-0.2, 0) is 9.53 Å². The Hall–Kier alpha value is -1.55. The molecular formula is C13H19NO3. The number of benzene rings is 1. The van der Waals surface area contributed by atoms with Gasteiger partial charge in [-0.05, 0) is 44.5 Å². The van der Waals surface area contributed by atoms with Crippen molar-refractivity contribution in [3.05, 3.63) is 23.8 Å². The molecule has 0 bridgehead atoms. The van der Waals surface area contributed by atoms with E-state index in [1.54, 1.807) is 32.2 Å². The second-order valence-corrected chi connectivity index (χ2v) is 4.69. The molecule has 1 rings (SSSR count). The number of hydrogen-bond donors (Lipinski definition) is 2. The third-order valence-electron chi connectivity index (χ3n) is 2.62. The number of anilines is 1. The van der Waals surface area contributed by atoms with E-state index in [4.69, 9.17) is 4.74 Å². The number of phenolic OH excluding ortho intramolecular Hbond substituents is 1. The van der Waals surface area contributed by atoms with E-state index in [1.807, 2.05) is 13.8 Å². The van der Waals surface area contributed by atoms with Gasteiger partial charge < -0.3 is 15.2 Å². The molecule has 4 nitrogen and oxygen atoms in total. The Morgan fingerprint density at radius 3 is 2.65 bits per heavy atom. The highest BCUT2D eigenvalue weighted by Crippen LogP contribution is 2.21. The van der Waals surface area contributed by atoms with E-state index in [-0.39, 0.29) is 18.1 Å². The van der Waals surface area contributed by atoms with Gasteiger partial charge in [0, 0.05) is 12.8 Å². The van der Waals surface area contributed by atoms with Gasteiger partial charge in [-0.15, -0.1) is 0 Å². The Balaban J connectivity index is 2.65. The SMILES string of the molecule is COC(C)(C)CC(=O)Nc1ccc(O)c(C)c1. The van der Waals surface area contributed by atoms with Gasteiger partial charge in [-0.3, -0.25) is 4.79 Å². The van der Waals surface area contributed by atoms with Crippen molar-refractivity contribution in [3.63, 3.8) is 0 Å². The Morgan fingerprint density at radius 2 is 2.12 bits per heavy atom. The average Bonchev–Trinajstić information content (AvgIpc) is 2.23. The van der Waals surface area contributed by atoms with Crippen LogP contribution >= 0.6 is 0 Å². The molecule has 0 radical (unpaired) electrons. The minimum absolute atomic E-state index is 0.109. The molecule has 0 fully saturated rings. The van der Waals surface area contributed by atoms with Gasteiger partial charge in [0.05, 0.1) is 12.0 Å². The van der Waals surface area contributed by atoms with Crippen LogP contribution in [0.2, 0.25) is 0 Å². The number of ether oxygens (including phenoxy) is 1. The van der Waals surface area contributed by atoms with Gasteiger partial charge in [0.25, 0.3) is 0 Å². The summed E-state index contributed by atoms with van der Waals surface area (Å²) < 4.78 is 5.19. The lowest BCUT2D eigenvalue weighted by molar-refractivity contribution is -0.121. The Kier molecular flexibility index (Phi) is 4.12. The topological polar surface area (TPSA) is 58.6 Å². The molecule has 0 aromatic heterocycles. The Morgan fingerprint density at radius 1 is 1.47 bits per heavy atom. The molecular weight excluding hydrogens is 218 g/mol. The van der Waals surface area contributed by atoms with Crippen LogP contribution in [0.3, 0.4) is 0 Å². The zero-order valence-corrected chi connectivity index (χ0v) is 10.7. The second-order valence-electron chi connectivity index (χ2n) is 4.69. The van der Waals surface area contributed by atoms with Crippen molar-refractivity contribution in [1.29, 1.82) is 0 Å². The summed E-state index contributed by atoms with van der Waals surface area (Å²) in [7, 11) is 1.58. The van der Waals surface area contributed by atoms with E-state index in [2.05, 4.69) is 5.32 Å².